The van der Waals surface area contributed by atoms with Crippen molar-refractivity contribution in [3.63, 3.8) is 0 Å². The summed E-state index contributed by atoms with van der Waals surface area (Å²) in [5.41, 5.74) is 0.759. The van der Waals surface area contributed by atoms with Crippen molar-refractivity contribution >= 4 is 5.97 Å². The van der Waals surface area contributed by atoms with E-state index in [4.69, 9.17) is 14.7 Å². The van der Waals surface area contributed by atoms with Crippen LogP contribution in [0, 0.1) is 17.2 Å². The average molecular weight is 277 g/mol. The van der Waals surface area contributed by atoms with Crippen molar-refractivity contribution in [3.8, 4) is 17.6 Å². The molecular weight excluding hydrogens is 258 g/mol. The van der Waals surface area contributed by atoms with Crippen LogP contribution in [0.3, 0.4) is 0 Å². The highest BCUT2D eigenvalue weighted by molar-refractivity contribution is 5.75. The van der Waals surface area contributed by atoms with Gasteiger partial charge in [-0.15, -0.1) is 0 Å². The summed E-state index contributed by atoms with van der Waals surface area (Å²) in [6, 6.07) is 7.33. The van der Waals surface area contributed by atoms with E-state index in [0.29, 0.717) is 24.7 Å². The summed E-state index contributed by atoms with van der Waals surface area (Å²) < 4.78 is 15.6. The Hall–Kier alpha value is -2.22. The van der Waals surface area contributed by atoms with Gasteiger partial charge in [-0.3, -0.25) is 4.79 Å². The van der Waals surface area contributed by atoms with Crippen LogP contribution in [0.2, 0.25) is 0 Å². The molecule has 0 heterocycles. The van der Waals surface area contributed by atoms with Crippen LogP contribution in [0.4, 0.5) is 0 Å². The topological polar surface area (TPSA) is 68.5 Å². The molecular formula is C15H19NO4. The molecule has 0 N–H and O–H groups in total. The molecule has 1 aromatic rings. The molecule has 0 spiro atoms. The maximum absolute atomic E-state index is 11.5. The minimum absolute atomic E-state index is 0.236. The van der Waals surface area contributed by atoms with Crippen molar-refractivity contribution in [1.82, 2.24) is 0 Å². The molecule has 5 nitrogen and oxygen atoms in total. The third kappa shape index (κ3) is 4.16. The van der Waals surface area contributed by atoms with Crippen molar-refractivity contribution < 1.29 is 19.0 Å². The molecule has 1 rings (SSSR count). The molecule has 20 heavy (non-hydrogen) atoms. The van der Waals surface area contributed by atoms with Gasteiger partial charge in [0.2, 0.25) is 0 Å². The van der Waals surface area contributed by atoms with Gasteiger partial charge in [0.15, 0.2) is 0 Å². The fourth-order valence-electron chi connectivity index (χ4n) is 1.81. The zero-order valence-electron chi connectivity index (χ0n) is 12.0. The number of nitrogens with zero attached hydrogens (tertiary/aromatic N) is 1. The fraction of sp³-hybridized carbons (Fsp3) is 0.467. The van der Waals surface area contributed by atoms with Gasteiger partial charge in [-0.25, -0.2) is 0 Å². The highest BCUT2D eigenvalue weighted by Gasteiger charge is 2.21. The van der Waals surface area contributed by atoms with E-state index in [9.17, 15) is 4.79 Å². The maximum atomic E-state index is 11.5. The molecule has 0 saturated carbocycles. The van der Waals surface area contributed by atoms with Crippen LogP contribution in [-0.4, -0.2) is 26.3 Å². The number of rotatable bonds is 7. The molecule has 1 atom stereocenters. The van der Waals surface area contributed by atoms with Gasteiger partial charge in [-0.05, 0) is 37.6 Å². The van der Waals surface area contributed by atoms with E-state index in [1.807, 2.05) is 19.9 Å². The summed E-state index contributed by atoms with van der Waals surface area (Å²) in [5.74, 6) is -0.0551. The Balaban J connectivity index is 3.02. The van der Waals surface area contributed by atoms with Gasteiger partial charge in [0, 0.05) is 6.42 Å². The lowest BCUT2D eigenvalue weighted by Gasteiger charge is -2.14. The number of esters is 1. The Bertz CT molecular complexity index is 493. The van der Waals surface area contributed by atoms with Crippen LogP contribution in [0.15, 0.2) is 18.2 Å². The number of methoxy groups -OCH3 is 1. The number of ether oxygens (including phenoxy) is 3. The van der Waals surface area contributed by atoms with E-state index in [1.165, 1.54) is 7.11 Å². The SMILES string of the molecule is CCOc1ccc(OCC)c(C[C@@H](C#N)C(=O)OC)c1. The largest absolute Gasteiger partial charge is 0.494 e. The summed E-state index contributed by atoms with van der Waals surface area (Å²) in [7, 11) is 1.27. The number of carbonyl (C=O) groups excluding carboxylic acids is 1. The third-order valence-corrected chi connectivity index (χ3v) is 2.71. The normalized spacial score (nSPS) is 11.3. The standard InChI is InChI=1S/C15H19NO4/c1-4-19-13-6-7-14(20-5-2)11(9-13)8-12(10-16)15(17)18-3/h6-7,9,12H,4-5,8H2,1-3H3/t12-/m0/s1. The van der Waals surface area contributed by atoms with Gasteiger partial charge >= 0.3 is 5.97 Å². The van der Waals surface area contributed by atoms with Crippen molar-refractivity contribution in [3.05, 3.63) is 23.8 Å². The number of nitriles is 1. The van der Waals surface area contributed by atoms with Gasteiger partial charge in [-0.2, -0.15) is 5.26 Å². The molecule has 1 aromatic carbocycles. The van der Waals surface area contributed by atoms with Crippen LogP contribution in [-0.2, 0) is 16.0 Å². The first-order valence-electron chi connectivity index (χ1n) is 6.52. The minimum Gasteiger partial charge on any atom is -0.494 e. The second-order valence-corrected chi connectivity index (χ2v) is 4.04. The van der Waals surface area contributed by atoms with Crippen molar-refractivity contribution in [1.29, 1.82) is 5.26 Å². The van der Waals surface area contributed by atoms with Gasteiger partial charge in [0.1, 0.15) is 17.4 Å². The van der Waals surface area contributed by atoms with E-state index in [1.54, 1.807) is 18.2 Å². The monoisotopic (exact) mass is 277 g/mol. The van der Waals surface area contributed by atoms with Crippen molar-refractivity contribution in [2.24, 2.45) is 5.92 Å². The average Bonchev–Trinajstić information content (AvgIpc) is 2.46. The zero-order valence-corrected chi connectivity index (χ0v) is 12.0. The smallest absolute Gasteiger partial charge is 0.323 e. The lowest BCUT2D eigenvalue weighted by molar-refractivity contribution is -0.143. The van der Waals surface area contributed by atoms with Crippen LogP contribution < -0.4 is 9.47 Å². The summed E-state index contributed by atoms with van der Waals surface area (Å²) in [4.78, 5) is 11.5. The van der Waals surface area contributed by atoms with Crippen LogP contribution in [0.1, 0.15) is 19.4 Å². The first kappa shape index (κ1) is 15.8. The Morgan fingerprint density at radius 3 is 2.55 bits per heavy atom. The van der Waals surface area contributed by atoms with E-state index in [0.717, 1.165) is 5.56 Å². The Labute approximate surface area is 119 Å². The summed E-state index contributed by atoms with van der Waals surface area (Å²) in [5, 5.41) is 9.06. The van der Waals surface area contributed by atoms with E-state index in [-0.39, 0.29) is 6.42 Å². The lowest BCUT2D eigenvalue weighted by atomic mass is 9.99. The first-order valence-corrected chi connectivity index (χ1v) is 6.52. The predicted molar refractivity (Wildman–Crippen MR) is 73.6 cm³/mol. The summed E-state index contributed by atoms with van der Waals surface area (Å²) in [6.45, 7) is 4.83. The van der Waals surface area contributed by atoms with E-state index >= 15 is 0 Å². The molecule has 5 heteroatoms. The molecule has 0 saturated heterocycles. The molecule has 0 bridgehead atoms. The van der Waals surface area contributed by atoms with Gasteiger partial charge < -0.3 is 14.2 Å². The number of benzene rings is 1. The molecule has 0 amide bonds. The number of hydrogen-bond acceptors (Lipinski definition) is 5. The zero-order chi connectivity index (χ0) is 15.0. The van der Waals surface area contributed by atoms with Gasteiger partial charge in [0.25, 0.3) is 0 Å². The highest BCUT2D eigenvalue weighted by atomic mass is 16.5. The first-order chi connectivity index (χ1) is 9.65. The molecule has 0 aliphatic rings. The van der Waals surface area contributed by atoms with Gasteiger partial charge in [-0.1, -0.05) is 0 Å². The molecule has 0 radical (unpaired) electrons. The van der Waals surface area contributed by atoms with Gasteiger partial charge in [0.05, 0.1) is 26.4 Å². The Morgan fingerprint density at radius 2 is 2.00 bits per heavy atom. The number of carbonyl (C=O) groups is 1. The molecule has 0 unspecified atom stereocenters. The lowest BCUT2D eigenvalue weighted by Crippen LogP contribution is -2.17. The second-order valence-electron chi connectivity index (χ2n) is 4.04. The third-order valence-electron chi connectivity index (χ3n) is 2.71. The fourth-order valence-corrected chi connectivity index (χ4v) is 1.81. The predicted octanol–water partition coefficient (Wildman–Crippen LogP) is 2.34. The molecule has 0 fully saturated rings. The van der Waals surface area contributed by atoms with E-state index in [2.05, 4.69) is 4.74 Å². The van der Waals surface area contributed by atoms with Crippen molar-refractivity contribution in [2.45, 2.75) is 20.3 Å². The Kier molecular flexibility index (Phi) is 6.38. The van der Waals surface area contributed by atoms with Crippen molar-refractivity contribution in [2.75, 3.05) is 20.3 Å². The summed E-state index contributed by atoms with van der Waals surface area (Å²) in [6.07, 6.45) is 0.236. The quantitative estimate of drug-likeness (QED) is 0.715. The Morgan fingerprint density at radius 1 is 1.30 bits per heavy atom. The molecule has 0 aromatic heterocycles. The summed E-state index contributed by atoms with van der Waals surface area (Å²) >= 11 is 0. The second kappa shape index (κ2) is 8.05. The maximum Gasteiger partial charge on any atom is 0.323 e. The van der Waals surface area contributed by atoms with Crippen LogP contribution in [0.5, 0.6) is 11.5 Å². The molecule has 108 valence electrons. The minimum atomic E-state index is -0.851. The van der Waals surface area contributed by atoms with Crippen LogP contribution in [0.25, 0.3) is 0 Å². The van der Waals surface area contributed by atoms with E-state index < -0.39 is 11.9 Å². The number of hydrogen-bond donors (Lipinski definition) is 0. The molecule has 0 aliphatic heterocycles. The van der Waals surface area contributed by atoms with Crippen LogP contribution >= 0.6 is 0 Å². The molecule has 0 aliphatic carbocycles. The highest BCUT2D eigenvalue weighted by Crippen LogP contribution is 2.27.